The third-order valence-electron chi connectivity index (χ3n) is 4.51. The second-order valence-electron chi connectivity index (χ2n) is 6.70. The van der Waals surface area contributed by atoms with E-state index in [4.69, 9.17) is 4.74 Å². The molecule has 0 radical (unpaired) electrons. The number of hydrogen-bond acceptors (Lipinski definition) is 5. The number of esters is 1. The molecule has 0 spiro atoms. The summed E-state index contributed by atoms with van der Waals surface area (Å²) in [6.45, 7) is 0.944. The third-order valence-corrected chi connectivity index (χ3v) is 4.51. The maximum Gasteiger partial charge on any atom is 0.326 e. The lowest BCUT2D eigenvalue weighted by molar-refractivity contribution is -0.158. The quantitative estimate of drug-likeness (QED) is 0.549. The van der Waals surface area contributed by atoms with Gasteiger partial charge < -0.3 is 9.64 Å². The van der Waals surface area contributed by atoms with Crippen LogP contribution >= 0.6 is 0 Å². The fraction of sp³-hybridized carbons (Fsp3) is 0.238. The van der Waals surface area contributed by atoms with Gasteiger partial charge in [0.1, 0.15) is 12.4 Å². The lowest BCUT2D eigenvalue weighted by Crippen LogP contribution is -2.41. The Kier molecular flexibility index (Phi) is 5.72. The summed E-state index contributed by atoms with van der Waals surface area (Å²) in [7, 11) is 1.50. The van der Waals surface area contributed by atoms with E-state index in [0.717, 1.165) is 4.90 Å². The topological polar surface area (TPSA) is 84.0 Å². The van der Waals surface area contributed by atoms with E-state index in [2.05, 4.69) is 0 Å². The van der Waals surface area contributed by atoms with E-state index in [-0.39, 0.29) is 17.7 Å². The Balaban J connectivity index is 1.57. The molecule has 0 saturated heterocycles. The number of halogens is 1. The average molecular weight is 398 g/mol. The third kappa shape index (κ3) is 4.31. The van der Waals surface area contributed by atoms with Gasteiger partial charge in [0.2, 0.25) is 0 Å². The highest BCUT2D eigenvalue weighted by Gasteiger charge is 2.37. The van der Waals surface area contributed by atoms with E-state index in [1.165, 1.54) is 49.2 Å². The SMILES string of the molecule is C[C@@H](OC(=O)CN1C(=O)c2ccccc2C1=O)C(=O)N(C)Cc1cccc(F)c1. The predicted molar refractivity (Wildman–Crippen MR) is 100 cm³/mol. The van der Waals surface area contributed by atoms with Crippen LogP contribution in [0.3, 0.4) is 0 Å². The molecule has 3 amide bonds. The Morgan fingerprint density at radius 1 is 1.07 bits per heavy atom. The van der Waals surface area contributed by atoms with Crippen molar-refractivity contribution in [2.24, 2.45) is 0 Å². The van der Waals surface area contributed by atoms with Crippen molar-refractivity contribution >= 4 is 23.7 Å². The molecule has 0 fully saturated rings. The van der Waals surface area contributed by atoms with Gasteiger partial charge in [0, 0.05) is 13.6 Å². The summed E-state index contributed by atoms with van der Waals surface area (Å²) in [6, 6.07) is 12.1. The number of benzene rings is 2. The Morgan fingerprint density at radius 3 is 2.28 bits per heavy atom. The molecule has 0 unspecified atom stereocenters. The van der Waals surface area contributed by atoms with Crippen LogP contribution in [-0.2, 0) is 20.9 Å². The summed E-state index contributed by atoms with van der Waals surface area (Å²) in [5, 5.41) is 0. The van der Waals surface area contributed by atoms with Crippen LogP contribution in [0.25, 0.3) is 0 Å². The van der Waals surface area contributed by atoms with Crippen molar-refractivity contribution < 1.29 is 28.3 Å². The van der Waals surface area contributed by atoms with Gasteiger partial charge in [-0.2, -0.15) is 0 Å². The average Bonchev–Trinajstić information content (AvgIpc) is 2.92. The second-order valence-corrected chi connectivity index (χ2v) is 6.70. The molecule has 150 valence electrons. The zero-order chi connectivity index (χ0) is 21.1. The van der Waals surface area contributed by atoms with Gasteiger partial charge in [-0.05, 0) is 36.8 Å². The van der Waals surface area contributed by atoms with Crippen molar-refractivity contribution in [2.45, 2.75) is 19.6 Å². The fourth-order valence-corrected chi connectivity index (χ4v) is 3.09. The summed E-state index contributed by atoms with van der Waals surface area (Å²) in [5.41, 5.74) is 1.04. The lowest BCUT2D eigenvalue weighted by atomic mass is 10.1. The van der Waals surface area contributed by atoms with Gasteiger partial charge in [-0.25, -0.2) is 4.39 Å². The molecular formula is C21H19FN2O5. The van der Waals surface area contributed by atoms with Gasteiger partial charge in [-0.1, -0.05) is 24.3 Å². The lowest BCUT2D eigenvalue weighted by Gasteiger charge is -2.22. The van der Waals surface area contributed by atoms with Crippen LogP contribution < -0.4 is 0 Å². The molecule has 1 aliphatic rings. The number of carbonyl (C=O) groups excluding carboxylic acids is 4. The van der Waals surface area contributed by atoms with Gasteiger partial charge in [0.15, 0.2) is 6.10 Å². The van der Waals surface area contributed by atoms with Gasteiger partial charge in [-0.15, -0.1) is 0 Å². The summed E-state index contributed by atoms with van der Waals surface area (Å²) in [5.74, 6) is -2.94. The Morgan fingerprint density at radius 2 is 1.69 bits per heavy atom. The highest BCUT2D eigenvalue weighted by Crippen LogP contribution is 2.22. The van der Waals surface area contributed by atoms with E-state index < -0.39 is 42.2 Å². The smallest absolute Gasteiger partial charge is 0.326 e. The molecule has 29 heavy (non-hydrogen) atoms. The van der Waals surface area contributed by atoms with Crippen molar-refractivity contribution in [3.63, 3.8) is 0 Å². The van der Waals surface area contributed by atoms with Crippen molar-refractivity contribution in [1.82, 2.24) is 9.80 Å². The summed E-state index contributed by atoms with van der Waals surface area (Å²) in [4.78, 5) is 51.3. The minimum absolute atomic E-state index is 0.136. The number of imide groups is 1. The Labute approximate surface area is 166 Å². The van der Waals surface area contributed by atoms with E-state index in [0.29, 0.717) is 5.56 Å². The van der Waals surface area contributed by atoms with E-state index in [1.807, 2.05) is 0 Å². The minimum atomic E-state index is -1.13. The molecule has 3 rings (SSSR count). The summed E-state index contributed by atoms with van der Waals surface area (Å²) >= 11 is 0. The number of ether oxygens (including phenoxy) is 1. The molecule has 0 aliphatic carbocycles. The first-order valence-electron chi connectivity index (χ1n) is 8.92. The molecule has 0 aromatic heterocycles. The monoisotopic (exact) mass is 398 g/mol. The van der Waals surface area contributed by atoms with Crippen LogP contribution in [0.5, 0.6) is 0 Å². The van der Waals surface area contributed by atoms with Gasteiger partial charge in [0.05, 0.1) is 11.1 Å². The molecule has 0 saturated carbocycles. The fourth-order valence-electron chi connectivity index (χ4n) is 3.09. The number of hydrogen-bond donors (Lipinski definition) is 0. The molecule has 1 atom stereocenters. The first-order chi connectivity index (χ1) is 13.8. The number of likely N-dealkylation sites (N-methyl/N-ethyl adjacent to an activating group) is 1. The van der Waals surface area contributed by atoms with E-state index in [9.17, 15) is 23.6 Å². The van der Waals surface area contributed by atoms with Crippen LogP contribution in [0.15, 0.2) is 48.5 Å². The standard InChI is InChI=1S/C21H19FN2O5/c1-13(19(26)23(2)11-14-6-5-7-15(22)10-14)29-18(25)12-24-20(27)16-8-3-4-9-17(16)21(24)28/h3-10,13H,11-12H2,1-2H3/t13-/m1/s1. The van der Waals surface area contributed by atoms with E-state index >= 15 is 0 Å². The highest BCUT2D eigenvalue weighted by atomic mass is 19.1. The number of nitrogens with zero attached hydrogens (tertiary/aromatic N) is 2. The molecule has 0 N–H and O–H groups in total. The van der Waals surface area contributed by atoms with Crippen molar-refractivity contribution in [3.05, 3.63) is 71.0 Å². The van der Waals surface area contributed by atoms with Crippen LogP contribution in [0.2, 0.25) is 0 Å². The largest absolute Gasteiger partial charge is 0.451 e. The zero-order valence-electron chi connectivity index (χ0n) is 15.9. The highest BCUT2D eigenvalue weighted by molar-refractivity contribution is 6.22. The minimum Gasteiger partial charge on any atom is -0.451 e. The molecule has 1 aliphatic heterocycles. The first kappa shape index (κ1) is 20.2. The second kappa shape index (κ2) is 8.22. The van der Waals surface area contributed by atoms with E-state index in [1.54, 1.807) is 18.2 Å². The molecule has 2 aromatic carbocycles. The molecule has 2 aromatic rings. The molecule has 8 heteroatoms. The van der Waals surface area contributed by atoms with Gasteiger partial charge in [0.25, 0.3) is 17.7 Å². The molecular weight excluding hydrogens is 379 g/mol. The first-order valence-corrected chi connectivity index (χ1v) is 8.92. The number of carbonyl (C=O) groups is 4. The Bertz CT molecular complexity index is 956. The molecule has 7 nitrogen and oxygen atoms in total. The maximum absolute atomic E-state index is 13.3. The van der Waals surface area contributed by atoms with Gasteiger partial charge in [-0.3, -0.25) is 24.1 Å². The van der Waals surface area contributed by atoms with Gasteiger partial charge >= 0.3 is 5.97 Å². The van der Waals surface area contributed by atoms with Crippen LogP contribution in [0.4, 0.5) is 4.39 Å². The predicted octanol–water partition coefficient (Wildman–Crippen LogP) is 2.01. The maximum atomic E-state index is 13.3. The zero-order valence-corrected chi connectivity index (χ0v) is 15.9. The van der Waals surface area contributed by atoms with Crippen molar-refractivity contribution in [1.29, 1.82) is 0 Å². The molecule has 0 bridgehead atoms. The number of rotatable bonds is 6. The number of fused-ring (bicyclic) bond motifs is 1. The normalized spacial score (nSPS) is 13.8. The summed E-state index contributed by atoms with van der Waals surface area (Å²) in [6.07, 6.45) is -1.13. The van der Waals surface area contributed by atoms with Crippen molar-refractivity contribution in [2.75, 3.05) is 13.6 Å². The van der Waals surface area contributed by atoms with Crippen molar-refractivity contribution in [3.8, 4) is 0 Å². The van der Waals surface area contributed by atoms with Crippen LogP contribution in [-0.4, -0.2) is 53.2 Å². The van der Waals surface area contributed by atoms with Crippen LogP contribution in [0, 0.1) is 5.82 Å². The van der Waals surface area contributed by atoms with Crippen LogP contribution in [0.1, 0.15) is 33.2 Å². The molecule has 1 heterocycles. The Hall–Kier alpha value is -3.55. The summed E-state index contributed by atoms with van der Waals surface area (Å²) < 4.78 is 18.4. The number of amides is 3.